The van der Waals surface area contributed by atoms with Crippen molar-refractivity contribution in [2.75, 3.05) is 0 Å². The van der Waals surface area contributed by atoms with E-state index in [0.29, 0.717) is 5.56 Å². The highest BCUT2D eigenvalue weighted by Crippen LogP contribution is 2.27. The van der Waals surface area contributed by atoms with E-state index >= 15 is 0 Å². The molecule has 2 aliphatic rings. The molecular weight excluding hydrogens is 274 g/mol. The van der Waals surface area contributed by atoms with Crippen molar-refractivity contribution in [1.82, 2.24) is 14.8 Å². The average molecular weight is 289 g/mol. The summed E-state index contributed by atoms with van der Waals surface area (Å²) in [6.45, 7) is 2.81. The normalized spacial score (nSPS) is 11.3. The first kappa shape index (κ1) is 12.8. The number of pyridine rings is 1. The van der Waals surface area contributed by atoms with Crippen LogP contribution < -0.4 is 5.56 Å². The molecule has 0 aliphatic carbocycles. The first-order valence-corrected chi connectivity index (χ1v) is 7.24. The Labute approximate surface area is 127 Å². The fraction of sp³-hybridized carbons (Fsp3) is 0.111. The molecule has 4 nitrogen and oxygen atoms in total. The standard InChI is InChI=1S/C18H15N3O/c1-12-5-4-6-13(9-12)10-21-11-15-17(19-20-18(15)22)14-7-2-3-8-16(14)21/h2-9,11H,10H2,1H3,(H,20,22). The van der Waals surface area contributed by atoms with Crippen LogP contribution in [-0.4, -0.2) is 14.8 Å². The van der Waals surface area contributed by atoms with Gasteiger partial charge >= 0.3 is 0 Å². The van der Waals surface area contributed by atoms with Crippen molar-refractivity contribution in [3.8, 4) is 11.3 Å². The van der Waals surface area contributed by atoms with Crippen LogP contribution in [0.1, 0.15) is 11.1 Å². The number of para-hydroxylation sites is 1. The lowest BCUT2D eigenvalue weighted by Gasteiger charge is -2.14. The number of aromatic amines is 1. The van der Waals surface area contributed by atoms with Crippen molar-refractivity contribution in [2.45, 2.75) is 13.5 Å². The lowest BCUT2D eigenvalue weighted by Crippen LogP contribution is -2.07. The maximum atomic E-state index is 11.9. The molecule has 0 unspecified atom stereocenters. The minimum absolute atomic E-state index is 0.140. The fourth-order valence-electron chi connectivity index (χ4n) is 2.95. The number of aromatic nitrogens is 3. The van der Waals surface area contributed by atoms with Gasteiger partial charge < -0.3 is 4.57 Å². The summed E-state index contributed by atoms with van der Waals surface area (Å²) in [5.74, 6) is 0. The van der Waals surface area contributed by atoms with Crippen molar-refractivity contribution in [1.29, 1.82) is 0 Å². The SMILES string of the molecule is Cc1cccc(Cn2cc3c(=O)[nH]nc-3c3ccccc32)c1. The van der Waals surface area contributed by atoms with Crippen LogP contribution >= 0.6 is 0 Å². The van der Waals surface area contributed by atoms with Crippen LogP contribution in [-0.2, 0) is 6.54 Å². The Morgan fingerprint density at radius 3 is 2.86 bits per heavy atom. The number of nitrogens with zero attached hydrogens (tertiary/aromatic N) is 2. The van der Waals surface area contributed by atoms with Crippen LogP contribution in [0.15, 0.2) is 59.5 Å². The zero-order chi connectivity index (χ0) is 15.1. The molecule has 0 atom stereocenters. The van der Waals surface area contributed by atoms with Crippen LogP contribution in [0.25, 0.3) is 22.2 Å². The highest BCUT2D eigenvalue weighted by atomic mass is 16.1. The van der Waals surface area contributed by atoms with Crippen LogP contribution in [0.4, 0.5) is 0 Å². The molecule has 2 aromatic carbocycles. The van der Waals surface area contributed by atoms with Gasteiger partial charge in [0, 0.05) is 18.1 Å². The average Bonchev–Trinajstić information content (AvgIpc) is 2.89. The Morgan fingerprint density at radius 1 is 1.14 bits per heavy atom. The van der Waals surface area contributed by atoms with Gasteiger partial charge in [-0.1, -0.05) is 48.0 Å². The second-order valence-corrected chi connectivity index (χ2v) is 5.58. The van der Waals surface area contributed by atoms with Gasteiger partial charge in [-0.2, -0.15) is 5.10 Å². The molecule has 0 amide bonds. The maximum absolute atomic E-state index is 11.9. The second-order valence-electron chi connectivity index (χ2n) is 5.58. The number of aryl methyl sites for hydroxylation is 1. The molecule has 0 radical (unpaired) electrons. The van der Waals surface area contributed by atoms with E-state index in [1.54, 1.807) is 0 Å². The van der Waals surface area contributed by atoms with E-state index in [2.05, 4.69) is 52.0 Å². The van der Waals surface area contributed by atoms with E-state index in [-0.39, 0.29) is 5.56 Å². The number of H-pyrrole nitrogens is 1. The Balaban J connectivity index is 1.97. The largest absolute Gasteiger partial charge is 0.342 e. The molecule has 22 heavy (non-hydrogen) atoms. The Kier molecular flexibility index (Phi) is 2.82. The van der Waals surface area contributed by atoms with Gasteiger partial charge in [0.15, 0.2) is 0 Å². The number of nitrogens with one attached hydrogen (secondary N) is 1. The third kappa shape index (κ3) is 2.00. The molecule has 0 spiro atoms. The summed E-state index contributed by atoms with van der Waals surface area (Å²) in [6.07, 6.45) is 1.89. The number of fused-ring (bicyclic) bond motifs is 3. The van der Waals surface area contributed by atoms with Gasteiger partial charge in [-0.15, -0.1) is 0 Å². The molecule has 4 heteroatoms. The van der Waals surface area contributed by atoms with E-state index in [1.807, 2.05) is 24.4 Å². The lowest BCUT2D eigenvalue weighted by atomic mass is 10.1. The maximum Gasteiger partial charge on any atom is 0.275 e. The highest BCUT2D eigenvalue weighted by Gasteiger charge is 2.16. The highest BCUT2D eigenvalue weighted by molar-refractivity contribution is 5.93. The summed E-state index contributed by atoms with van der Waals surface area (Å²) in [7, 11) is 0. The topological polar surface area (TPSA) is 50.7 Å². The number of benzene rings is 2. The molecule has 0 saturated heterocycles. The molecule has 2 aromatic rings. The van der Waals surface area contributed by atoms with E-state index in [0.717, 1.165) is 23.1 Å². The van der Waals surface area contributed by atoms with Gasteiger partial charge in [0.05, 0.1) is 11.1 Å². The fourth-order valence-corrected chi connectivity index (χ4v) is 2.95. The van der Waals surface area contributed by atoms with E-state index in [4.69, 9.17) is 0 Å². The summed E-state index contributed by atoms with van der Waals surface area (Å²) in [5.41, 5.74) is 4.75. The monoisotopic (exact) mass is 289 g/mol. The van der Waals surface area contributed by atoms with Crippen LogP contribution in [0, 0.1) is 6.92 Å². The summed E-state index contributed by atoms with van der Waals surface area (Å²) < 4.78 is 2.11. The van der Waals surface area contributed by atoms with Crippen LogP contribution in [0.5, 0.6) is 0 Å². The number of hydrogen-bond acceptors (Lipinski definition) is 2. The molecule has 0 saturated carbocycles. The summed E-state index contributed by atoms with van der Waals surface area (Å²) in [6, 6.07) is 16.5. The molecule has 2 aliphatic heterocycles. The zero-order valence-electron chi connectivity index (χ0n) is 12.2. The van der Waals surface area contributed by atoms with E-state index in [9.17, 15) is 4.79 Å². The minimum Gasteiger partial charge on any atom is -0.342 e. The molecule has 1 N–H and O–H groups in total. The molecule has 108 valence electrons. The Morgan fingerprint density at radius 2 is 2.00 bits per heavy atom. The van der Waals surface area contributed by atoms with Gasteiger partial charge in [0.1, 0.15) is 5.69 Å². The second kappa shape index (κ2) is 4.84. The van der Waals surface area contributed by atoms with Gasteiger partial charge in [0.25, 0.3) is 5.56 Å². The number of rotatable bonds is 2. The smallest absolute Gasteiger partial charge is 0.275 e. The van der Waals surface area contributed by atoms with Gasteiger partial charge in [0.2, 0.25) is 0 Å². The lowest BCUT2D eigenvalue weighted by molar-refractivity contribution is 0.826. The van der Waals surface area contributed by atoms with Crippen molar-refractivity contribution in [2.24, 2.45) is 0 Å². The molecule has 0 bridgehead atoms. The predicted molar refractivity (Wildman–Crippen MR) is 87.3 cm³/mol. The Bertz CT molecular complexity index is 997. The zero-order valence-corrected chi connectivity index (χ0v) is 12.2. The van der Waals surface area contributed by atoms with Gasteiger partial charge in [-0.05, 0) is 18.6 Å². The van der Waals surface area contributed by atoms with Crippen molar-refractivity contribution in [3.05, 3.63) is 76.2 Å². The van der Waals surface area contributed by atoms with E-state index < -0.39 is 0 Å². The molecule has 2 heterocycles. The summed E-state index contributed by atoms with van der Waals surface area (Å²) >= 11 is 0. The quantitative estimate of drug-likeness (QED) is 0.616. The summed E-state index contributed by atoms with van der Waals surface area (Å²) in [5, 5.41) is 7.70. The third-order valence-electron chi connectivity index (χ3n) is 3.96. The molecule has 0 aromatic heterocycles. The third-order valence-corrected chi connectivity index (χ3v) is 3.96. The molecule has 0 fully saturated rings. The van der Waals surface area contributed by atoms with Gasteiger partial charge in [-0.25, -0.2) is 5.10 Å². The van der Waals surface area contributed by atoms with Crippen molar-refractivity contribution >= 4 is 10.9 Å². The molecular formula is C18H15N3O. The van der Waals surface area contributed by atoms with Crippen molar-refractivity contribution < 1.29 is 0 Å². The van der Waals surface area contributed by atoms with Gasteiger partial charge in [-0.3, -0.25) is 4.79 Å². The first-order chi connectivity index (χ1) is 10.7. The summed E-state index contributed by atoms with van der Waals surface area (Å²) in [4.78, 5) is 11.9. The molecule has 4 rings (SSSR count). The first-order valence-electron chi connectivity index (χ1n) is 7.24. The van der Waals surface area contributed by atoms with Crippen molar-refractivity contribution in [3.63, 3.8) is 0 Å². The number of hydrogen-bond donors (Lipinski definition) is 1. The predicted octanol–water partition coefficient (Wildman–Crippen LogP) is 3.19. The van der Waals surface area contributed by atoms with Crippen LogP contribution in [0.2, 0.25) is 0 Å². The Hall–Kier alpha value is -2.88. The minimum atomic E-state index is -0.140. The van der Waals surface area contributed by atoms with E-state index in [1.165, 1.54) is 11.1 Å². The van der Waals surface area contributed by atoms with Crippen LogP contribution in [0.3, 0.4) is 0 Å².